The van der Waals surface area contributed by atoms with Gasteiger partial charge in [-0.15, -0.1) is 0 Å². The Morgan fingerprint density at radius 3 is 0.862 bits per heavy atom. The second-order valence-corrected chi connectivity index (χ2v) is 12.2. The van der Waals surface area contributed by atoms with E-state index in [1.165, 1.54) is 20.8 Å². The van der Waals surface area contributed by atoms with Crippen molar-refractivity contribution in [2.24, 2.45) is 0 Å². The molecule has 0 unspecified atom stereocenters. The summed E-state index contributed by atoms with van der Waals surface area (Å²) in [5.74, 6) is -6.84. The molecule has 3 aromatic heterocycles. The number of halogens is 9. The molecule has 0 atom stereocenters. The molecule has 0 aromatic carbocycles. The summed E-state index contributed by atoms with van der Waals surface area (Å²) in [6, 6.07) is 2.89. The number of pyridine rings is 3. The van der Waals surface area contributed by atoms with E-state index in [1.807, 2.05) is 0 Å². The van der Waals surface area contributed by atoms with E-state index in [0.29, 0.717) is 0 Å². The first-order chi connectivity index (χ1) is 26.1. The Bertz CT molecular complexity index is 2120. The van der Waals surface area contributed by atoms with E-state index in [0.717, 1.165) is 36.4 Å². The quantitative estimate of drug-likeness (QED) is 0.274. The van der Waals surface area contributed by atoms with Crippen LogP contribution in [0.2, 0.25) is 0 Å². The summed E-state index contributed by atoms with van der Waals surface area (Å²) in [6.45, 7) is 3.89. The van der Waals surface area contributed by atoms with Crippen molar-refractivity contribution in [2.75, 3.05) is 0 Å². The number of hydrogen-bond donors (Lipinski definition) is 0. The van der Waals surface area contributed by atoms with Gasteiger partial charge in [-0.3, -0.25) is 14.4 Å². The largest absolute Gasteiger partial charge is 3.00 e. The number of carbonyl (C=O) groups is 6. The van der Waals surface area contributed by atoms with Gasteiger partial charge in [0.1, 0.15) is 17.1 Å². The average Bonchev–Trinajstić information content (AvgIpc) is 3.08. The number of aromatic nitrogens is 3. The van der Waals surface area contributed by atoms with Crippen molar-refractivity contribution < 1.29 is 83.6 Å². The Hall–Kier alpha value is -6.01. The van der Waals surface area contributed by atoms with Crippen LogP contribution in [0.15, 0.2) is 36.4 Å². The predicted octanol–water partition coefficient (Wildman–Crippen LogP) is 3.48. The number of aryl methyl sites for hydroxylation is 3. The van der Waals surface area contributed by atoms with Crippen molar-refractivity contribution in [1.29, 1.82) is 0 Å². The van der Waals surface area contributed by atoms with E-state index in [-0.39, 0.29) is 50.7 Å². The summed E-state index contributed by atoms with van der Waals surface area (Å²) < 4.78 is 116. The summed E-state index contributed by atoms with van der Waals surface area (Å²) in [5.41, 5.74) is -6.89. The minimum atomic E-state index is -4.62. The van der Waals surface area contributed by atoms with Crippen molar-refractivity contribution in [2.45, 2.75) is 58.6 Å². The fourth-order valence-electron chi connectivity index (χ4n) is 5.91. The van der Waals surface area contributed by atoms with Gasteiger partial charge in [0.2, 0.25) is 0 Å². The van der Waals surface area contributed by atoms with Crippen LogP contribution in [0.5, 0.6) is 0 Å². The number of carboxylic acids is 3. The molecule has 3 aliphatic rings. The minimum Gasteiger partial charge on any atom is -0.543 e. The molecule has 0 saturated heterocycles. The Balaban J connectivity index is 0.000000231. The molecule has 3 aromatic rings. The third kappa shape index (κ3) is 9.74. The maximum absolute atomic E-state index is 12.9. The topological polar surface area (TPSA) is 210 Å². The summed E-state index contributed by atoms with van der Waals surface area (Å²) in [4.78, 5) is 77.3. The molecule has 0 spiro atoms. The molecular weight excluding hydrogens is 816 g/mol. The fraction of sp³-hybridized carbons (Fsp3) is 0.250. The molecule has 0 bridgehead atoms. The number of carbonyl (C=O) groups excluding carboxylic acids is 6. The maximum Gasteiger partial charge on any atom is 3.00 e. The number of rotatable bonds is 3. The van der Waals surface area contributed by atoms with Crippen LogP contribution in [0, 0.1) is 20.8 Å². The number of hydrogen-bond acceptors (Lipinski definition) is 12. The zero-order chi connectivity index (χ0) is 43.1. The Morgan fingerprint density at radius 2 is 0.690 bits per heavy atom. The molecule has 0 aliphatic heterocycles. The molecule has 0 saturated carbocycles. The predicted molar refractivity (Wildman–Crippen MR) is 175 cm³/mol. The number of fused-ring (bicyclic) bond motifs is 3. The van der Waals surface area contributed by atoms with Crippen LogP contribution in [0.25, 0.3) is 16.7 Å². The van der Waals surface area contributed by atoms with Crippen molar-refractivity contribution in [3.63, 3.8) is 0 Å². The molecule has 6 rings (SSSR count). The van der Waals surface area contributed by atoms with E-state index in [9.17, 15) is 83.6 Å². The number of nitrogens with zero attached hydrogens (tertiary/aromatic N) is 3. The molecule has 300 valence electrons. The van der Waals surface area contributed by atoms with Crippen LogP contribution >= 0.6 is 0 Å². The molecule has 3 heterocycles. The second kappa shape index (κ2) is 16.8. The molecule has 0 N–H and O–H groups in total. The first-order valence-corrected chi connectivity index (χ1v) is 15.8. The average molecular weight is 838 g/mol. The van der Waals surface area contributed by atoms with Gasteiger partial charge in [0.15, 0.2) is 17.3 Å². The van der Waals surface area contributed by atoms with Gasteiger partial charge in [0.05, 0.1) is 51.7 Å². The molecule has 22 heteroatoms. The zero-order valence-corrected chi connectivity index (χ0v) is 30.7. The van der Waals surface area contributed by atoms with Crippen LogP contribution in [0.4, 0.5) is 39.5 Å². The van der Waals surface area contributed by atoms with Crippen molar-refractivity contribution in [1.82, 2.24) is 15.0 Å². The van der Waals surface area contributed by atoms with Crippen LogP contribution < -0.4 is 15.3 Å². The molecule has 3 aliphatic carbocycles. The molecule has 12 nitrogen and oxygen atoms in total. The van der Waals surface area contributed by atoms with Gasteiger partial charge < -0.3 is 29.7 Å². The number of aromatic carboxylic acids is 3. The Labute approximate surface area is 330 Å². The van der Waals surface area contributed by atoms with Crippen LogP contribution in [0.1, 0.15) is 116 Å². The minimum absolute atomic E-state index is 0. The maximum atomic E-state index is 12.9. The zero-order valence-electron chi connectivity index (χ0n) is 29.6. The van der Waals surface area contributed by atoms with E-state index in [4.69, 9.17) is 0 Å². The van der Waals surface area contributed by atoms with Gasteiger partial charge in [0, 0.05) is 36.0 Å². The second-order valence-electron chi connectivity index (χ2n) is 12.2. The van der Waals surface area contributed by atoms with E-state index in [1.54, 1.807) is 0 Å². The van der Waals surface area contributed by atoms with Crippen LogP contribution in [-0.4, -0.2) is 86.1 Å². The smallest absolute Gasteiger partial charge is 0.543 e. The summed E-state index contributed by atoms with van der Waals surface area (Å²) in [7, 11) is 0. The van der Waals surface area contributed by atoms with Gasteiger partial charge in [-0.1, -0.05) is 18.2 Å². The molecule has 0 radical (unpaired) electrons. The van der Waals surface area contributed by atoms with Crippen molar-refractivity contribution in [3.05, 3.63) is 104 Å². The van der Waals surface area contributed by atoms with E-state index < -0.39 is 124 Å². The van der Waals surface area contributed by atoms with E-state index in [2.05, 4.69) is 15.0 Å². The number of ketones is 3. The number of carboxylic acid groups (broad SMARTS) is 3. The van der Waals surface area contributed by atoms with Gasteiger partial charge in [0.25, 0.3) is 0 Å². The standard InChI is InChI=1S/3C12H8F3NO3.Al/c3*1-5-4-7(11(18)19)16-10-8(17)3-2-6(9(5)10)12(13,14)15;/h3*2,4H,3H2,1H3,(H,18,19);/q;;;+3/p-3. The van der Waals surface area contributed by atoms with Gasteiger partial charge in [-0.2, -0.15) is 39.5 Å². The van der Waals surface area contributed by atoms with E-state index >= 15 is 0 Å². The molecule has 0 amide bonds. The van der Waals surface area contributed by atoms with Gasteiger partial charge in [-0.25, -0.2) is 15.0 Å². The molecule has 58 heavy (non-hydrogen) atoms. The van der Waals surface area contributed by atoms with Crippen LogP contribution in [0.3, 0.4) is 0 Å². The SMILES string of the molecule is Cc1cc(C(=O)[O-])nc2c1C(C(F)(F)F)=CCC2=O.Cc1cc(C(=O)[O-])nc2c1C(C(F)(F)F)=CCC2=O.Cc1cc(C(=O)[O-])nc2c1C(C(F)(F)F)=CCC2=O.[Al+3]. The first kappa shape index (κ1) is 46.4. The van der Waals surface area contributed by atoms with Crippen molar-refractivity contribution in [3.8, 4) is 0 Å². The number of allylic oxidation sites excluding steroid dienone is 6. The Morgan fingerprint density at radius 1 is 0.483 bits per heavy atom. The monoisotopic (exact) mass is 837 g/mol. The number of alkyl halides is 9. The summed E-state index contributed by atoms with van der Waals surface area (Å²) in [6.07, 6.45) is -12.9. The summed E-state index contributed by atoms with van der Waals surface area (Å²) >= 11 is 0. The third-order valence-electron chi connectivity index (χ3n) is 8.27. The summed E-state index contributed by atoms with van der Waals surface area (Å²) in [5, 5.41) is 32.1. The van der Waals surface area contributed by atoms with Crippen molar-refractivity contribution >= 4 is 69.3 Å². The third-order valence-corrected chi connectivity index (χ3v) is 8.27. The molecule has 0 fully saturated rings. The molecular formula is C36H21AlF9N3O9. The van der Waals surface area contributed by atoms with Crippen LogP contribution in [-0.2, 0) is 0 Å². The van der Waals surface area contributed by atoms with Gasteiger partial charge >= 0.3 is 35.9 Å². The first-order valence-electron chi connectivity index (χ1n) is 15.8. The van der Waals surface area contributed by atoms with Gasteiger partial charge in [-0.05, 0) is 55.7 Å². The fourth-order valence-corrected chi connectivity index (χ4v) is 5.91. The number of Topliss-reactive ketones (excluding diaryl/α,β-unsaturated/α-hetero) is 3. The Kier molecular flexibility index (Phi) is 13.5. The normalized spacial score (nSPS) is 14.7.